The van der Waals surface area contributed by atoms with Crippen molar-refractivity contribution >= 4 is 12.6 Å². The lowest BCUT2D eigenvalue weighted by atomic mass is 10.1. The van der Waals surface area contributed by atoms with Crippen molar-refractivity contribution in [3.8, 4) is 0 Å². The van der Waals surface area contributed by atoms with Gasteiger partial charge in [0.1, 0.15) is 0 Å². The fourth-order valence-electron chi connectivity index (χ4n) is 1.48. The summed E-state index contributed by atoms with van der Waals surface area (Å²) in [5, 5.41) is 0. The van der Waals surface area contributed by atoms with Gasteiger partial charge in [0.05, 0.1) is 13.2 Å². The van der Waals surface area contributed by atoms with Crippen LogP contribution in [0.25, 0.3) is 0 Å². The van der Waals surface area contributed by atoms with Crippen molar-refractivity contribution in [1.29, 1.82) is 0 Å². The molecule has 0 amide bonds. The highest BCUT2D eigenvalue weighted by Gasteiger charge is 2.41. The van der Waals surface area contributed by atoms with E-state index in [0.29, 0.717) is 5.41 Å². The second-order valence-corrected chi connectivity index (χ2v) is 4.45. The Morgan fingerprint density at radius 3 is 2.50 bits per heavy atom. The fraction of sp³-hybridized carbons (Fsp3) is 0.500. The summed E-state index contributed by atoms with van der Waals surface area (Å²) < 4.78 is 5.69. The van der Waals surface area contributed by atoms with Crippen LogP contribution in [0.4, 0.5) is 0 Å². The number of benzene rings is 1. The van der Waals surface area contributed by atoms with Gasteiger partial charge in [0.2, 0.25) is 0 Å². The molecule has 0 aliphatic heterocycles. The van der Waals surface area contributed by atoms with E-state index >= 15 is 0 Å². The van der Waals surface area contributed by atoms with Crippen LogP contribution in [-0.4, -0.2) is 12.4 Å². The molecule has 2 heteroatoms. The van der Waals surface area contributed by atoms with E-state index in [9.17, 15) is 0 Å². The summed E-state index contributed by atoms with van der Waals surface area (Å²) in [5.74, 6) is 0.960. The number of hydrogen-bond donors (Lipinski definition) is 1. The number of rotatable bonds is 5. The Morgan fingerprint density at radius 1 is 1.21 bits per heavy atom. The first-order valence-corrected chi connectivity index (χ1v) is 5.70. The first-order chi connectivity index (χ1) is 6.85. The Morgan fingerprint density at radius 2 is 1.93 bits per heavy atom. The van der Waals surface area contributed by atoms with E-state index < -0.39 is 0 Å². The molecule has 0 heterocycles. The topological polar surface area (TPSA) is 9.23 Å². The highest BCUT2D eigenvalue weighted by atomic mass is 32.1. The zero-order chi connectivity index (χ0) is 9.86. The summed E-state index contributed by atoms with van der Waals surface area (Å²) >= 11 is 4.34. The zero-order valence-corrected chi connectivity index (χ0v) is 9.17. The van der Waals surface area contributed by atoms with Gasteiger partial charge in [-0.1, -0.05) is 30.3 Å². The SMILES string of the molecule is SCC1(COCc2ccccc2)CC1. The summed E-state index contributed by atoms with van der Waals surface area (Å²) in [6.45, 7) is 1.60. The maximum absolute atomic E-state index is 5.69. The smallest absolute Gasteiger partial charge is 0.0717 e. The highest BCUT2D eigenvalue weighted by Crippen LogP contribution is 2.46. The van der Waals surface area contributed by atoms with Gasteiger partial charge in [-0.25, -0.2) is 0 Å². The summed E-state index contributed by atoms with van der Waals surface area (Å²) in [4.78, 5) is 0. The monoisotopic (exact) mass is 208 g/mol. The van der Waals surface area contributed by atoms with E-state index in [1.54, 1.807) is 0 Å². The van der Waals surface area contributed by atoms with Crippen LogP contribution in [-0.2, 0) is 11.3 Å². The van der Waals surface area contributed by atoms with Gasteiger partial charge in [0, 0.05) is 5.41 Å². The summed E-state index contributed by atoms with van der Waals surface area (Å²) in [7, 11) is 0. The standard InChI is InChI=1S/C12H16OS/c14-10-12(6-7-12)9-13-8-11-4-2-1-3-5-11/h1-5,14H,6-10H2. The molecule has 0 aromatic heterocycles. The lowest BCUT2D eigenvalue weighted by Gasteiger charge is -2.11. The van der Waals surface area contributed by atoms with E-state index in [1.807, 2.05) is 18.2 Å². The number of ether oxygens (including phenoxy) is 1. The highest BCUT2D eigenvalue weighted by molar-refractivity contribution is 7.80. The van der Waals surface area contributed by atoms with Gasteiger partial charge in [-0.3, -0.25) is 0 Å². The van der Waals surface area contributed by atoms with Crippen molar-refractivity contribution in [2.45, 2.75) is 19.4 Å². The molecule has 0 saturated heterocycles. The summed E-state index contributed by atoms with van der Waals surface area (Å²) in [6, 6.07) is 10.3. The molecule has 2 rings (SSSR count). The number of hydrogen-bond acceptors (Lipinski definition) is 2. The summed E-state index contributed by atoms with van der Waals surface area (Å²) in [5.41, 5.74) is 1.67. The molecule has 1 saturated carbocycles. The molecular weight excluding hydrogens is 192 g/mol. The average Bonchev–Trinajstić information content (AvgIpc) is 3.00. The van der Waals surface area contributed by atoms with Crippen LogP contribution in [0.3, 0.4) is 0 Å². The molecular formula is C12H16OS. The molecule has 0 radical (unpaired) electrons. The summed E-state index contributed by atoms with van der Waals surface area (Å²) in [6.07, 6.45) is 2.57. The maximum Gasteiger partial charge on any atom is 0.0717 e. The third-order valence-corrected chi connectivity index (χ3v) is 3.48. The Balaban J connectivity index is 1.73. The van der Waals surface area contributed by atoms with E-state index in [-0.39, 0.29) is 0 Å². The molecule has 1 nitrogen and oxygen atoms in total. The van der Waals surface area contributed by atoms with Crippen LogP contribution in [0.2, 0.25) is 0 Å². The average molecular weight is 208 g/mol. The third-order valence-electron chi connectivity index (χ3n) is 2.81. The largest absolute Gasteiger partial charge is 0.376 e. The molecule has 1 fully saturated rings. The molecule has 0 bridgehead atoms. The fourth-order valence-corrected chi connectivity index (χ4v) is 1.89. The molecule has 1 aliphatic rings. The van der Waals surface area contributed by atoms with Crippen LogP contribution in [0.15, 0.2) is 30.3 Å². The van der Waals surface area contributed by atoms with Crippen molar-refractivity contribution in [1.82, 2.24) is 0 Å². The normalized spacial score (nSPS) is 18.1. The third kappa shape index (κ3) is 2.52. The Hall–Kier alpha value is -0.470. The molecule has 0 atom stereocenters. The minimum Gasteiger partial charge on any atom is -0.376 e. The number of thiol groups is 1. The quantitative estimate of drug-likeness (QED) is 0.732. The van der Waals surface area contributed by atoms with Gasteiger partial charge >= 0.3 is 0 Å². The molecule has 0 spiro atoms. The second kappa shape index (κ2) is 4.37. The predicted molar refractivity (Wildman–Crippen MR) is 61.6 cm³/mol. The predicted octanol–water partition coefficient (Wildman–Crippen LogP) is 2.91. The van der Waals surface area contributed by atoms with Crippen molar-refractivity contribution in [3.05, 3.63) is 35.9 Å². The van der Waals surface area contributed by atoms with Crippen LogP contribution in [0.1, 0.15) is 18.4 Å². The van der Waals surface area contributed by atoms with Gasteiger partial charge in [-0.15, -0.1) is 0 Å². The lowest BCUT2D eigenvalue weighted by Crippen LogP contribution is -2.11. The van der Waals surface area contributed by atoms with Crippen LogP contribution in [0, 0.1) is 5.41 Å². The molecule has 0 unspecified atom stereocenters. The van der Waals surface area contributed by atoms with Gasteiger partial charge in [-0.05, 0) is 24.2 Å². The molecule has 14 heavy (non-hydrogen) atoms. The van der Waals surface area contributed by atoms with E-state index in [4.69, 9.17) is 4.74 Å². The maximum atomic E-state index is 5.69. The minimum absolute atomic E-state index is 0.415. The Kier molecular flexibility index (Phi) is 3.14. The molecule has 1 aromatic rings. The van der Waals surface area contributed by atoms with E-state index in [1.165, 1.54) is 18.4 Å². The second-order valence-electron chi connectivity index (χ2n) is 4.14. The van der Waals surface area contributed by atoms with Crippen molar-refractivity contribution in [2.24, 2.45) is 5.41 Å². The van der Waals surface area contributed by atoms with E-state index in [2.05, 4.69) is 24.8 Å². The Labute approximate surface area is 90.9 Å². The van der Waals surface area contributed by atoms with Gasteiger partial charge < -0.3 is 4.74 Å². The van der Waals surface area contributed by atoms with Crippen molar-refractivity contribution < 1.29 is 4.74 Å². The molecule has 0 N–H and O–H groups in total. The Bertz CT molecular complexity index is 280. The zero-order valence-electron chi connectivity index (χ0n) is 8.28. The lowest BCUT2D eigenvalue weighted by molar-refractivity contribution is 0.0858. The van der Waals surface area contributed by atoms with Crippen molar-refractivity contribution in [3.63, 3.8) is 0 Å². The molecule has 76 valence electrons. The van der Waals surface area contributed by atoms with Crippen LogP contribution >= 0.6 is 12.6 Å². The van der Waals surface area contributed by atoms with Gasteiger partial charge in [0.15, 0.2) is 0 Å². The molecule has 1 aliphatic carbocycles. The first kappa shape index (κ1) is 10.1. The minimum atomic E-state index is 0.415. The van der Waals surface area contributed by atoms with Gasteiger partial charge in [-0.2, -0.15) is 12.6 Å². The van der Waals surface area contributed by atoms with Crippen LogP contribution in [0.5, 0.6) is 0 Å². The van der Waals surface area contributed by atoms with Crippen LogP contribution < -0.4 is 0 Å². The van der Waals surface area contributed by atoms with Gasteiger partial charge in [0.25, 0.3) is 0 Å². The first-order valence-electron chi connectivity index (χ1n) is 5.07. The van der Waals surface area contributed by atoms with Crippen molar-refractivity contribution in [2.75, 3.05) is 12.4 Å². The van der Waals surface area contributed by atoms with E-state index in [0.717, 1.165) is 19.0 Å². The molecule has 1 aromatic carbocycles.